The van der Waals surface area contributed by atoms with E-state index in [4.69, 9.17) is 0 Å². The maximum absolute atomic E-state index is 12.4. The van der Waals surface area contributed by atoms with Crippen molar-refractivity contribution in [3.63, 3.8) is 0 Å². The molecular weight excluding hydrogens is 330 g/mol. The zero-order chi connectivity index (χ0) is 17.7. The Morgan fingerprint density at radius 1 is 1.17 bits per heavy atom. The number of ether oxygens (including phenoxy) is 1. The minimum absolute atomic E-state index is 0.0376. The van der Waals surface area contributed by atoms with Crippen LogP contribution in [0.3, 0.4) is 0 Å². The van der Waals surface area contributed by atoms with Gasteiger partial charge in [0.15, 0.2) is 0 Å². The number of anilines is 1. The average Bonchev–Trinajstić information content (AvgIpc) is 2.55. The molecule has 0 aromatic heterocycles. The minimum Gasteiger partial charge on any atom is -0.507 e. The van der Waals surface area contributed by atoms with Gasteiger partial charge in [-0.15, -0.1) is 0 Å². The van der Waals surface area contributed by atoms with E-state index in [2.05, 4.69) is 16.4 Å². The highest BCUT2D eigenvalue weighted by Crippen LogP contribution is 2.25. The predicted octanol–water partition coefficient (Wildman–Crippen LogP) is 2.93. The summed E-state index contributed by atoms with van der Waals surface area (Å²) in [7, 11) is -2.58. The molecule has 0 heterocycles. The van der Waals surface area contributed by atoms with E-state index >= 15 is 0 Å². The van der Waals surface area contributed by atoms with Gasteiger partial charge in [-0.25, -0.2) is 13.2 Å². The molecule has 7 heteroatoms. The molecule has 6 nitrogen and oxygen atoms in total. The highest BCUT2D eigenvalue weighted by atomic mass is 32.2. The van der Waals surface area contributed by atoms with E-state index < -0.39 is 16.0 Å². The van der Waals surface area contributed by atoms with Gasteiger partial charge in [0.1, 0.15) is 11.3 Å². The van der Waals surface area contributed by atoms with Crippen molar-refractivity contribution < 1.29 is 23.1 Å². The molecule has 2 aromatic rings. The van der Waals surface area contributed by atoms with Crippen molar-refractivity contribution in [2.45, 2.75) is 24.7 Å². The molecule has 0 saturated carbocycles. The lowest BCUT2D eigenvalue weighted by Gasteiger charge is -2.10. The maximum atomic E-state index is 12.4. The molecule has 0 atom stereocenters. The molecule has 0 aliphatic rings. The number of methoxy groups -OCH3 is 1. The SMILES string of the molecule is CCCc1ccc(S(=O)(=O)Nc2ccc(C(=O)OC)c(O)c2)cc1. The van der Waals surface area contributed by atoms with Crippen LogP contribution in [-0.2, 0) is 21.2 Å². The van der Waals surface area contributed by atoms with Gasteiger partial charge >= 0.3 is 5.97 Å². The topological polar surface area (TPSA) is 92.7 Å². The number of hydrogen-bond donors (Lipinski definition) is 2. The number of nitrogens with one attached hydrogen (secondary N) is 1. The summed E-state index contributed by atoms with van der Waals surface area (Å²) in [6.45, 7) is 2.05. The molecule has 2 rings (SSSR count). The molecule has 0 saturated heterocycles. The number of phenols is 1. The van der Waals surface area contributed by atoms with Crippen LogP contribution in [0.1, 0.15) is 29.3 Å². The lowest BCUT2D eigenvalue weighted by atomic mass is 10.1. The number of benzene rings is 2. The van der Waals surface area contributed by atoms with Crippen LogP contribution in [-0.4, -0.2) is 26.6 Å². The third-order valence-electron chi connectivity index (χ3n) is 3.43. The number of rotatable bonds is 6. The summed E-state index contributed by atoms with van der Waals surface area (Å²) < 4.78 is 31.6. The Morgan fingerprint density at radius 2 is 1.83 bits per heavy atom. The normalized spacial score (nSPS) is 11.1. The second-order valence-electron chi connectivity index (χ2n) is 5.22. The molecular formula is C17H19NO5S. The molecule has 0 aliphatic carbocycles. The number of aromatic hydroxyl groups is 1. The fraction of sp³-hybridized carbons (Fsp3) is 0.235. The number of hydrogen-bond acceptors (Lipinski definition) is 5. The van der Waals surface area contributed by atoms with Gasteiger partial charge in [-0.2, -0.15) is 0 Å². The zero-order valence-electron chi connectivity index (χ0n) is 13.4. The predicted molar refractivity (Wildman–Crippen MR) is 90.7 cm³/mol. The number of phenolic OH excluding ortho intramolecular Hbond substituents is 1. The van der Waals surface area contributed by atoms with E-state index in [1.165, 1.54) is 31.4 Å². The molecule has 0 fully saturated rings. The molecule has 128 valence electrons. The van der Waals surface area contributed by atoms with Crippen molar-refractivity contribution >= 4 is 21.7 Å². The Hall–Kier alpha value is -2.54. The van der Waals surface area contributed by atoms with Gasteiger partial charge in [0.2, 0.25) is 0 Å². The molecule has 24 heavy (non-hydrogen) atoms. The summed E-state index contributed by atoms with van der Waals surface area (Å²) in [5, 5.41) is 9.82. The summed E-state index contributed by atoms with van der Waals surface area (Å²) >= 11 is 0. The first-order valence-electron chi connectivity index (χ1n) is 7.40. The molecule has 0 bridgehead atoms. The number of carbonyl (C=O) groups excluding carboxylic acids is 1. The Balaban J connectivity index is 2.22. The maximum Gasteiger partial charge on any atom is 0.341 e. The largest absolute Gasteiger partial charge is 0.507 e. The van der Waals surface area contributed by atoms with Crippen LogP contribution in [0.5, 0.6) is 5.75 Å². The zero-order valence-corrected chi connectivity index (χ0v) is 14.3. The van der Waals surface area contributed by atoms with E-state index in [0.29, 0.717) is 0 Å². The lowest BCUT2D eigenvalue weighted by Crippen LogP contribution is -2.13. The van der Waals surface area contributed by atoms with Crippen molar-refractivity contribution in [1.82, 2.24) is 0 Å². The first-order valence-corrected chi connectivity index (χ1v) is 8.88. The van der Waals surface area contributed by atoms with Crippen LogP contribution in [0.15, 0.2) is 47.4 Å². The van der Waals surface area contributed by atoms with Gasteiger partial charge in [-0.1, -0.05) is 25.5 Å². The number of esters is 1. The van der Waals surface area contributed by atoms with Gasteiger partial charge in [0.05, 0.1) is 17.7 Å². The van der Waals surface area contributed by atoms with Crippen LogP contribution in [0.4, 0.5) is 5.69 Å². The van der Waals surface area contributed by atoms with Gasteiger partial charge in [-0.05, 0) is 36.2 Å². The van der Waals surface area contributed by atoms with Crippen molar-refractivity contribution in [1.29, 1.82) is 0 Å². The minimum atomic E-state index is -3.78. The van der Waals surface area contributed by atoms with Gasteiger partial charge in [-0.3, -0.25) is 4.72 Å². The summed E-state index contributed by atoms with van der Waals surface area (Å²) in [6, 6.07) is 10.5. The Bertz CT molecular complexity index is 829. The van der Waals surface area contributed by atoms with Crippen LogP contribution >= 0.6 is 0 Å². The van der Waals surface area contributed by atoms with E-state index in [1.807, 2.05) is 0 Å². The quantitative estimate of drug-likeness (QED) is 0.782. The van der Waals surface area contributed by atoms with Crippen molar-refractivity contribution in [3.8, 4) is 5.75 Å². The molecule has 0 radical (unpaired) electrons. The number of aryl methyl sites for hydroxylation is 1. The summed E-state index contributed by atoms with van der Waals surface area (Å²) in [5.74, 6) is -1.06. The van der Waals surface area contributed by atoms with Crippen molar-refractivity contribution in [3.05, 3.63) is 53.6 Å². The van der Waals surface area contributed by atoms with Crippen molar-refractivity contribution in [2.24, 2.45) is 0 Å². The van der Waals surface area contributed by atoms with Gasteiger partial charge in [0, 0.05) is 6.07 Å². The van der Waals surface area contributed by atoms with Crippen LogP contribution in [0.2, 0.25) is 0 Å². The number of carbonyl (C=O) groups is 1. The smallest absolute Gasteiger partial charge is 0.341 e. The third kappa shape index (κ3) is 4.05. The second kappa shape index (κ2) is 7.35. The summed E-state index contributed by atoms with van der Waals surface area (Å²) in [4.78, 5) is 11.5. The van der Waals surface area contributed by atoms with Crippen LogP contribution < -0.4 is 4.72 Å². The fourth-order valence-corrected chi connectivity index (χ4v) is 3.27. The molecule has 2 N–H and O–H groups in total. The standard InChI is InChI=1S/C17H19NO5S/c1-3-4-12-5-8-14(9-6-12)24(21,22)18-13-7-10-15(16(19)11-13)17(20)23-2/h5-11,18-19H,3-4H2,1-2H3. The fourth-order valence-electron chi connectivity index (χ4n) is 2.22. The van der Waals surface area contributed by atoms with Gasteiger partial charge < -0.3 is 9.84 Å². The Labute approximate surface area is 141 Å². The van der Waals surface area contributed by atoms with E-state index in [9.17, 15) is 18.3 Å². The Morgan fingerprint density at radius 3 is 2.38 bits per heavy atom. The third-order valence-corrected chi connectivity index (χ3v) is 4.82. The van der Waals surface area contributed by atoms with Crippen LogP contribution in [0.25, 0.3) is 0 Å². The molecule has 0 amide bonds. The molecule has 0 spiro atoms. The Kier molecular flexibility index (Phi) is 5.46. The second-order valence-corrected chi connectivity index (χ2v) is 6.91. The van der Waals surface area contributed by atoms with E-state index in [1.54, 1.807) is 12.1 Å². The van der Waals surface area contributed by atoms with Crippen LogP contribution in [0, 0.1) is 0 Å². The van der Waals surface area contributed by atoms with Crippen molar-refractivity contribution in [2.75, 3.05) is 11.8 Å². The summed E-state index contributed by atoms with van der Waals surface area (Å²) in [5.41, 5.74) is 1.18. The average molecular weight is 349 g/mol. The molecule has 2 aromatic carbocycles. The first kappa shape index (κ1) is 17.8. The molecule has 0 unspecified atom stereocenters. The molecule has 0 aliphatic heterocycles. The van der Waals surface area contributed by atoms with E-state index in [-0.39, 0.29) is 21.9 Å². The first-order chi connectivity index (χ1) is 11.4. The highest BCUT2D eigenvalue weighted by Gasteiger charge is 2.17. The highest BCUT2D eigenvalue weighted by molar-refractivity contribution is 7.92. The number of sulfonamides is 1. The summed E-state index contributed by atoms with van der Waals surface area (Å²) in [6.07, 6.45) is 1.87. The van der Waals surface area contributed by atoms with E-state index in [0.717, 1.165) is 24.5 Å². The monoisotopic (exact) mass is 349 g/mol. The van der Waals surface area contributed by atoms with Gasteiger partial charge in [0.25, 0.3) is 10.0 Å². The lowest BCUT2D eigenvalue weighted by molar-refractivity contribution is 0.0597.